The fourth-order valence-electron chi connectivity index (χ4n) is 1.51. The smallest absolute Gasteiger partial charge is 0.347 e. The number of cyclic esters (lactones) is 2. The van der Waals surface area contributed by atoms with Crippen LogP contribution in [0.4, 0.5) is 0 Å². The van der Waals surface area contributed by atoms with Crippen molar-refractivity contribution >= 4 is 17.9 Å². The highest BCUT2D eigenvalue weighted by atomic mass is 16.6. The average molecular weight is 265 g/mol. The Kier molecular flexibility index (Phi) is 3.32. The van der Waals surface area contributed by atoms with Crippen LogP contribution in [0.3, 0.4) is 0 Å². The fraction of sp³-hybridized carbons (Fsp3) is 0.250. The number of hydrogen-bond donors (Lipinski definition) is 2. The zero-order valence-corrected chi connectivity index (χ0v) is 9.95. The highest BCUT2D eigenvalue weighted by Gasteiger charge is 2.30. The highest BCUT2D eigenvalue weighted by Crippen LogP contribution is 2.24. The number of nitrogens with two attached hydrogens (primary N) is 1. The van der Waals surface area contributed by atoms with Crippen molar-refractivity contribution in [2.75, 3.05) is 0 Å². The number of fused-ring (bicyclic) bond motifs is 1. The van der Waals surface area contributed by atoms with Crippen LogP contribution < -0.4 is 10.5 Å². The Labute approximate surface area is 107 Å². The lowest BCUT2D eigenvalue weighted by molar-refractivity contribution is -0.138. The van der Waals surface area contributed by atoms with Gasteiger partial charge in [-0.2, -0.15) is 0 Å². The molecular weight excluding hydrogens is 254 g/mol. The number of rotatable bonds is 3. The van der Waals surface area contributed by atoms with E-state index in [1.807, 2.05) is 0 Å². The molecule has 2 rings (SSSR count). The minimum absolute atomic E-state index is 0.0286. The van der Waals surface area contributed by atoms with E-state index < -0.39 is 30.1 Å². The van der Waals surface area contributed by atoms with Crippen LogP contribution in [0, 0.1) is 0 Å². The van der Waals surface area contributed by atoms with Crippen LogP contribution in [0.1, 0.15) is 27.6 Å². The van der Waals surface area contributed by atoms with Gasteiger partial charge in [-0.05, 0) is 25.1 Å². The number of benzene rings is 1. The second-order valence-corrected chi connectivity index (χ2v) is 4.07. The first kappa shape index (κ1) is 13.2. The van der Waals surface area contributed by atoms with Gasteiger partial charge in [0.25, 0.3) is 0 Å². The molecule has 100 valence electrons. The molecule has 1 aliphatic heterocycles. The van der Waals surface area contributed by atoms with E-state index in [9.17, 15) is 14.4 Å². The summed E-state index contributed by atoms with van der Waals surface area (Å²) in [6.45, 7) is 1.35. The van der Waals surface area contributed by atoms with Crippen LogP contribution >= 0.6 is 0 Å². The SMILES string of the molecule is C[C@@H](O)[C@H](N)C(=O)Oc1ccc2c(c1)C(=O)OC2=O. The van der Waals surface area contributed by atoms with E-state index in [1.165, 1.54) is 25.1 Å². The number of esters is 3. The third-order valence-electron chi connectivity index (χ3n) is 2.63. The van der Waals surface area contributed by atoms with E-state index in [1.54, 1.807) is 0 Å². The molecule has 0 aromatic heterocycles. The van der Waals surface area contributed by atoms with Crippen LogP contribution in [-0.2, 0) is 9.53 Å². The van der Waals surface area contributed by atoms with E-state index in [0.29, 0.717) is 0 Å². The molecule has 3 N–H and O–H groups in total. The summed E-state index contributed by atoms with van der Waals surface area (Å²) in [5, 5.41) is 9.16. The molecule has 0 aliphatic carbocycles. The summed E-state index contributed by atoms with van der Waals surface area (Å²) in [4.78, 5) is 34.0. The molecule has 7 heteroatoms. The van der Waals surface area contributed by atoms with E-state index >= 15 is 0 Å². The fourth-order valence-corrected chi connectivity index (χ4v) is 1.51. The standard InChI is InChI=1S/C12H11NO6/c1-5(14)9(13)12(17)18-6-2-3-7-8(4-6)11(16)19-10(7)15/h2-5,9,14H,13H2,1H3/t5-,9+/m1/s1. The Morgan fingerprint density at radius 1 is 1.32 bits per heavy atom. The average Bonchev–Trinajstić information content (AvgIpc) is 2.63. The maximum Gasteiger partial charge on any atom is 0.347 e. The van der Waals surface area contributed by atoms with Gasteiger partial charge < -0.3 is 20.3 Å². The maximum absolute atomic E-state index is 11.5. The van der Waals surface area contributed by atoms with Crippen molar-refractivity contribution in [1.29, 1.82) is 0 Å². The van der Waals surface area contributed by atoms with Crippen LogP contribution in [0.25, 0.3) is 0 Å². The maximum atomic E-state index is 11.5. The molecule has 1 heterocycles. The summed E-state index contributed by atoms with van der Waals surface area (Å²) in [6, 6.07) is 2.68. The molecule has 1 aromatic carbocycles. The van der Waals surface area contributed by atoms with E-state index in [-0.39, 0.29) is 16.9 Å². The monoisotopic (exact) mass is 265 g/mol. The summed E-state index contributed by atoms with van der Waals surface area (Å²) < 4.78 is 9.30. The largest absolute Gasteiger partial charge is 0.425 e. The third kappa shape index (κ3) is 2.47. The van der Waals surface area contributed by atoms with Gasteiger partial charge >= 0.3 is 17.9 Å². The number of carbonyl (C=O) groups is 3. The second-order valence-electron chi connectivity index (χ2n) is 4.07. The summed E-state index contributed by atoms with van der Waals surface area (Å²) in [5.41, 5.74) is 5.54. The number of aliphatic hydroxyl groups excluding tert-OH is 1. The zero-order valence-electron chi connectivity index (χ0n) is 9.95. The number of carbonyl (C=O) groups excluding carboxylic acids is 3. The number of hydrogen-bond acceptors (Lipinski definition) is 7. The van der Waals surface area contributed by atoms with Gasteiger partial charge in [-0.1, -0.05) is 0 Å². The Hall–Kier alpha value is -2.25. The molecule has 0 saturated carbocycles. The molecule has 0 saturated heterocycles. The lowest BCUT2D eigenvalue weighted by atomic mass is 10.1. The lowest BCUT2D eigenvalue weighted by Crippen LogP contribution is -2.42. The molecule has 0 spiro atoms. The van der Waals surface area contributed by atoms with E-state index in [2.05, 4.69) is 4.74 Å². The van der Waals surface area contributed by atoms with Crippen LogP contribution in [-0.4, -0.2) is 35.2 Å². The predicted octanol–water partition coefficient (Wildman–Crippen LogP) is -0.389. The Morgan fingerprint density at radius 2 is 1.95 bits per heavy atom. The van der Waals surface area contributed by atoms with Crippen molar-refractivity contribution in [3.05, 3.63) is 29.3 Å². The van der Waals surface area contributed by atoms with Crippen molar-refractivity contribution in [3.63, 3.8) is 0 Å². The first-order valence-corrected chi connectivity index (χ1v) is 5.46. The molecule has 1 aliphatic rings. The molecule has 1 aromatic rings. The molecule has 2 atom stereocenters. The Balaban J connectivity index is 2.20. The van der Waals surface area contributed by atoms with Gasteiger partial charge in [0.05, 0.1) is 17.2 Å². The summed E-state index contributed by atoms with van der Waals surface area (Å²) >= 11 is 0. The molecule has 0 fully saturated rings. The van der Waals surface area contributed by atoms with Gasteiger partial charge in [0, 0.05) is 0 Å². The third-order valence-corrected chi connectivity index (χ3v) is 2.63. The Bertz CT molecular complexity index is 565. The predicted molar refractivity (Wildman–Crippen MR) is 61.5 cm³/mol. The summed E-state index contributed by atoms with van der Waals surface area (Å²) in [6.07, 6.45) is -1.06. The van der Waals surface area contributed by atoms with E-state index in [4.69, 9.17) is 15.6 Å². The molecule has 7 nitrogen and oxygen atoms in total. The van der Waals surface area contributed by atoms with Crippen LogP contribution in [0.15, 0.2) is 18.2 Å². The van der Waals surface area contributed by atoms with Gasteiger partial charge in [0.1, 0.15) is 11.8 Å². The molecule has 0 radical (unpaired) electrons. The minimum atomic E-state index is -1.19. The summed E-state index contributed by atoms with van der Waals surface area (Å²) in [5.74, 6) is -2.32. The zero-order chi connectivity index (χ0) is 14.2. The Morgan fingerprint density at radius 3 is 2.58 bits per heavy atom. The van der Waals surface area contributed by atoms with Gasteiger partial charge in [-0.3, -0.25) is 0 Å². The van der Waals surface area contributed by atoms with Crippen molar-refractivity contribution in [1.82, 2.24) is 0 Å². The minimum Gasteiger partial charge on any atom is -0.425 e. The van der Waals surface area contributed by atoms with Crippen LogP contribution in [0.5, 0.6) is 5.75 Å². The van der Waals surface area contributed by atoms with Crippen molar-refractivity contribution in [3.8, 4) is 5.75 Å². The second kappa shape index (κ2) is 4.79. The highest BCUT2D eigenvalue weighted by molar-refractivity contribution is 6.14. The van der Waals surface area contributed by atoms with Gasteiger partial charge in [0.15, 0.2) is 0 Å². The first-order valence-electron chi connectivity index (χ1n) is 5.46. The van der Waals surface area contributed by atoms with E-state index in [0.717, 1.165) is 0 Å². The van der Waals surface area contributed by atoms with Gasteiger partial charge in [-0.15, -0.1) is 0 Å². The van der Waals surface area contributed by atoms with Crippen molar-refractivity contribution in [2.24, 2.45) is 5.73 Å². The lowest BCUT2D eigenvalue weighted by Gasteiger charge is -2.13. The normalized spacial score (nSPS) is 16.6. The summed E-state index contributed by atoms with van der Waals surface area (Å²) in [7, 11) is 0. The first-order chi connectivity index (χ1) is 8.90. The van der Waals surface area contributed by atoms with Gasteiger partial charge in [-0.25, -0.2) is 14.4 Å². The molecular formula is C12H11NO6. The van der Waals surface area contributed by atoms with Gasteiger partial charge in [0.2, 0.25) is 0 Å². The molecule has 19 heavy (non-hydrogen) atoms. The number of aliphatic hydroxyl groups is 1. The van der Waals surface area contributed by atoms with Crippen LogP contribution in [0.2, 0.25) is 0 Å². The molecule has 0 bridgehead atoms. The van der Waals surface area contributed by atoms with Crippen molar-refractivity contribution in [2.45, 2.75) is 19.1 Å². The molecule has 0 unspecified atom stereocenters. The molecule has 0 amide bonds. The van der Waals surface area contributed by atoms with Crippen molar-refractivity contribution < 1.29 is 29.0 Å². The quantitative estimate of drug-likeness (QED) is 0.434. The topological polar surface area (TPSA) is 116 Å². The number of ether oxygens (including phenoxy) is 2.